The molecule has 2 N–H and O–H groups in total. The van der Waals surface area contributed by atoms with Gasteiger partial charge in [0.25, 0.3) is 0 Å². The molecule has 2 aromatic rings. The molecule has 3 atom stereocenters. The van der Waals surface area contributed by atoms with E-state index in [9.17, 15) is 13.5 Å². The Morgan fingerprint density at radius 1 is 1.18 bits per heavy atom. The number of ether oxygens (including phenoxy) is 1. The van der Waals surface area contributed by atoms with Gasteiger partial charge in [0.2, 0.25) is 10.0 Å². The first-order valence-electron chi connectivity index (χ1n) is 9.19. The molecule has 4 rings (SSSR count). The molecule has 2 aromatic carbocycles. The van der Waals surface area contributed by atoms with E-state index in [0.717, 1.165) is 23.2 Å². The maximum Gasteiger partial charge on any atom is 0.242 e. The highest BCUT2D eigenvalue weighted by molar-refractivity contribution is 7.89. The Bertz CT molecular complexity index is 1050. The molecule has 1 aliphatic carbocycles. The zero-order valence-corrected chi connectivity index (χ0v) is 16.9. The standard InChI is InChI=1S/C21H24N2O4S/c1-23(2)28(25,26)14-8-9-18-17(12-14)15-5-4-6-16(15)21(22-18)13-7-10-19(24)20(11-13)27-3/h4-5,7-12,15-16,21-22,24H,6H2,1-3H3. The maximum atomic E-state index is 12.5. The molecule has 7 heteroatoms. The summed E-state index contributed by atoms with van der Waals surface area (Å²) >= 11 is 0. The largest absolute Gasteiger partial charge is 0.504 e. The number of phenolic OH excluding ortho intramolecular Hbond substituents is 1. The second-order valence-corrected chi connectivity index (χ2v) is 9.60. The van der Waals surface area contributed by atoms with Crippen molar-refractivity contribution in [1.29, 1.82) is 0 Å². The molecule has 0 amide bonds. The number of hydrogen-bond donors (Lipinski definition) is 2. The lowest BCUT2D eigenvalue weighted by molar-refractivity contribution is 0.370. The molecule has 6 nitrogen and oxygen atoms in total. The number of phenols is 1. The lowest BCUT2D eigenvalue weighted by Crippen LogP contribution is -2.29. The number of sulfonamides is 1. The van der Waals surface area contributed by atoms with Crippen LogP contribution in [0.3, 0.4) is 0 Å². The van der Waals surface area contributed by atoms with Gasteiger partial charge in [0.05, 0.1) is 18.0 Å². The van der Waals surface area contributed by atoms with Crippen molar-refractivity contribution in [3.05, 3.63) is 59.7 Å². The minimum absolute atomic E-state index is 0.0401. The van der Waals surface area contributed by atoms with Crippen molar-refractivity contribution >= 4 is 15.7 Å². The number of fused-ring (bicyclic) bond motifs is 3. The number of rotatable bonds is 4. The third kappa shape index (κ3) is 2.95. The first kappa shape index (κ1) is 18.8. The van der Waals surface area contributed by atoms with E-state index in [1.165, 1.54) is 11.4 Å². The Kier molecular flexibility index (Phi) is 4.59. The van der Waals surface area contributed by atoms with Gasteiger partial charge in [-0.3, -0.25) is 0 Å². The third-order valence-electron chi connectivity index (χ3n) is 5.68. The summed E-state index contributed by atoms with van der Waals surface area (Å²) in [5.74, 6) is 0.958. The predicted molar refractivity (Wildman–Crippen MR) is 108 cm³/mol. The molecular weight excluding hydrogens is 376 g/mol. The molecule has 0 fully saturated rings. The van der Waals surface area contributed by atoms with Crippen LogP contribution in [-0.4, -0.2) is 39.0 Å². The molecule has 148 valence electrons. The Morgan fingerprint density at radius 3 is 2.68 bits per heavy atom. The second-order valence-electron chi connectivity index (χ2n) is 7.44. The number of aromatic hydroxyl groups is 1. The van der Waals surface area contributed by atoms with E-state index in [0.29, 0.717) is 10.6 Å². The smallest absolute Gasteiger partial charge is 0.242 e. The van der Waals surface area contributed by atoms with Crippen LogP contribution in [0.2, 0.25) is 0 Å². The van der Waals surface area contributed by atoms with E-state index < -0.39 is 10.0 Å². The van der Waals surface area contributed by atoms with Crippen LogP contribution in [0.15, 0.2) is 53.4 Å². The normalized spacial score (nSPS) is 23.2. The van der Waals surface area contributed by atoms with Crippen LogP contribution in [0.25, 0.3) is 0 Å². The molecule has 0 saturated carbocycles. The molecule has 0 radical (unpaired) electrons. The fourth-order valence-electron chi connectivity index (χ4n) is 4.16. The highest BCUT2D eigenvalue weighted by Crippen LogP contribution is 2.50. The topological polar surface area (TPSA) is 78.9 Å². The highest BCUT2D eigenvalue weighted by Gasteiger charge is 2.38. The van der Waals surface area contributed by atoms with Gasteiger partial charge in [-0.1, -0.05) is 18.2 Å². The molecule has 0 bridgehead atoms. The van der Waals surface area contributed by atoms with Crippen LogP contribution >= 0.6 is 0 Å². The average Bonchev–Trinajstić information content (AvgIpc) is 3.17. The van der Waals surface area contributed by atoms with Gasteiger partial charge in [0, 0.05) is 25.7 Å². The van der Waals surface area contributed by atoms with Gasteiger partial charge < -0.3 is 15.2 Å². The molecule has 1 heterocycles. The fraction of sp³-hybridized carbons (Fsp3) is 0.333. The highest BCUT2D eigenvalue weighted by atomic mass is 32.2. The summed E-state index contributed by atoms with van der Waals surface area (Å²) in [4.78, 5) is 0.307. The molecule has 0 saturated heterocycles. The van der Waals surface area contributed by atoms with Crippen molar-refractivity contribution in [2.75, 3.05) is 26.5 Å². The van der Waals surface area contributed by atoms with E-state index >= 15 is 0 Å². The maximum absolute atomic E-state index is 12.5. The Balaban J connectivity index is 1.77. The van der Waals surface area contributed by atoms with Crippen LogP contribution in [0.4, 0.5) is 5.69 Å². The molecule has 0 aromatic heterocycles. The van der Waals surface area contributed by atoms with Crippen molar-refractivity contribution < 1.29 is 18.3 Å². The molecule has 1 aliphatic heterocycles. The summed E-state index contributed by atoms with van der Waals surface area (Å²) in [7, 11) is 1.14. The van der Waals surface area contributed by atoms with Gasteiger partial charge in [0.1, 0.15) is 0 Å². The minimum Gasteiger partial charge on any atom is -0.504 e. The molecule has 28 heavy (non-hydrogen) atoms. The number of nitrogens with one attached hydrogen (secondary N) is 1. The number of allylic oxidation sites excluding steroid dienone is 2. The summed E-state index contributed by atoms with van der Waals surface area (Å²) in [6.45, 7) is 0. The Labute approximate surface area is 165 Å². The van der Waals surface area contributed by atoms with Crippen molar-refractivity contribution in [3.63, 3.8) is 0 Å². The van der Waals surface area contributed by atoms with E-state index in [-0.39, 0.29) is 23.6 Å². The van der Waals surface area contributed by atoms with Crippen LogP contribution in [-0.2, 0) is 10.0 Å². The second kappa shape index (κ2) is 6.83. The van der Waals surface area contributed by atoms with E-state index in [4.69, 9.17) is 4.74 Å². The molecule has 2 aliphatic rings. The lowest BCUT2D eigenvalue weighted by Gasteiger charge is -2.38. The molecule has 0 spiro atoms. The van der Waals surface area contributed by atoms with E-state index in [1.807, 2.05) is 18.2 Å². The number of benzene rings is 2. The summed E-state index contributed by atoms with van der Waals surface area (Å²) in [6, 6.07) is 10.7. The molecule has 3 unspecified atom stereocenters. The zero-order chi connectivity index (χ0) is 20.1. The van der Waals surface area contributed by atoms with Crippen LogP contribution in [0.1, 0.15) is 29.5 Å². The summed E-state index contributed by atoms with van der Waals surface area (Å²) < 4.78 is 31.6. The van der Waals surface area contributed by atoms with Crippen molar-refractivity contribution in [1.82, 2.24) is 4.31 Å². The summed E-state index contributed by atoms with van der Waals surface area (Å²) in [5, 5.41) is 13.5. The number of hydrogen-bond acceptors (Lipinski definition) is 5. The number of methoxy groups -OCH3 is 1. The molecular formula is C21H24N2O4S. The lowest BCUT2D eigenvalue weighted by atomic mass is 9.77. The van der Waals surface area contributed by atoms with Gasteiger partial charge in [-0.2, -0.15) is 0 Å². The fourth-order valence-corrected chi connectivity index (χ4v) is 5.10. The summed E-state index contributed by atoms with van der Waals surface area (Å²) in [6.07, 6.45) is 5.22. The Morgan fingerprint density at radius 2 is 1.96 bits per heavy atom. The monoisotopic (exact) mass is 400 g/mol. The van der Waals surface area contributed by atoms with Crippen LogP contribution in [0, 0.1) is 5.92 Å². The first-order valence-corrected chi connectivity index (χ1v) is 10.6. The van der Waals surface area contributed by atoms with Crippen LogP contribution < -0.4 is 10.1 Å². The SMILES string of the molecule is COc1cc(C2Nc3ccc(S(=O)(=O)N(C)C)cc3C3C=CCC32)ccc1O. The van der Waals surface area contributed by atoms with Gasteiger partial charge in [0.15, 0.2) is 11.5 Å². The average molecular weight is 401 g/mol. The van der Waals surface area contributed by atoms with Crippen molar-refractivity contribution in [3.8, 4) is 11.5 Å². The zero-order valence-electron chi connectivity index (χ0n) is 16.1. The minimum atomic E-state index is -3.48. The van der Waals surface area contributed by atoms with E-state index in [2.05, 4.69) is 17.5 Å². The Hall–Kier alpha value is -2.51. The van der Waals surface area contributed by atoms with Gasteiger partial charge in [-0.15, -0.1) is 0 Å². The van der Waals surface area contributed by atoms with E-state index in [1.54, 1.807) is 32.3 Å². The van der Waals surface area contributed by atoms with Gasteiger partial charge >= 0.3 is 0 Å². The number of nitrogens with zero attached hydrogens (tertiary/aromatic N) is 1. The quantitative estimate of drug-likeness (QED) is 0.769. The van der Waals surface area contributed by atoms with Gasteiger partial charge in [-0.05, 0) is 53.8 Å². The van der Waals surface area contributed by atoms with Gasteiger partial charge in [-0.25, -0.2) is 12.7 Å². The summed E-state index contributed by atoms with van der Waals surface area (Å²) in [5.41, 5.74) is 2.97. The van der Waals surface area contributed by atoms with Crippen LogP contribution in [0.5, 0.6) is 11.5 Å². The predicted octanol–water partition coefficient (Wildman–Crippen LogP) is 3.48. The number of anilines is 1. The first-order chi connectivity index (χ1) is 13.3. The van der Waals surface area contributed by atoms with Crippen molar-refractivity contribution in [2.24, 2.45) is 5.92 Å². The third-order valence-corrected chi connectivity index (χ3v) is 7.49. The van der Waals surface area contributed by atoms with Crippen molar-refractivity contribution in [2.45, 2.75) is 23.3 Å².